The largest absolute Gasteiger partial charge is 0.462 e. The van der Waals surface area contributed by atoms with E-state index in [4.69, 9.17) is 38.3 Å². The normalized spacial score (nSPS) is 23.7. The molecule has 0 radical (unpaired) electrons. The summed E-state index contributed by atoms with van der Waals surface area (Å²) in [6, 6.07) is 0. The molecule has 0 aliphatic carbocycles. The molecule has 76 heavy (non-hydrogen) atoms. The van der Waals surface area contributed by atoms with Crippen molar-refractivity contribution in [3.63, 3.8) is 0 Å². The van der Waals surface area contributed by atoms with Crippen molar-refractivity contribution < 1.29 is 76.7 Å². The molecule has 0 spiro atoms. The van der Waals surface area contributed by atoms with Crippen molar-refractivity contribution in [3.05, 3.63) is 0 Å². The average Bonchev–Trinajstić information content (AvgIpc) is 3.17. The second-order valence-electron chi connectivity index (χ2n) is 26.5. The molecule has 4 aliphatic heterocycles. The zero-order valence-electron chi connectivity index (χ0n) is 49.4. The molecule has 0 N–H and O–H groups in total. The molecule has 0 bridgehead atoms. The van der Waals surface area contributed by atoms with Crippen molar-refractivity contribution in [1.29, 1.82) is 0 Å². The maximum Gasteiger partial charge on any atom is 0.339 e. The first-order valence-electron chi connectivity index (χ1n) is 26.6. The third kappa shape index (κ3) is 17.5. The summed E-state index contributed by atoms with van der Waals surface area (Å²) in [4.78, 5) is 133. The Morgan fingerprint density at radius 3 is 0.592 bits per heavy atom. The molecule has 0 unspecified atom stereocenters. The van der Waals surface area contributed by atoms with Gasteiger partial charge in [0.25, 0.3) is 0 Å². The van der Waals surface area contributed by atoms with Gasteiger partial charge in [-0.05, 0) is 111 Å². The Hall–Kier alpha value is -4.48. The quantitative estimate of drug-likeness (QED) is 0.111. The number of carbonyl (C=O) groups is 8. The average molecular weight is 1080 g/mol. The molecule has 0 aromatic heterocycles. The highest BCUT2D eigenvalue weighted by Gasteiger charge is 2.53. The monoisotopic (exact) mass is 1080 g/mol. The molecule has 4 fully saturated rings. The first kappa shape index (κ1) is 64.0. The number of rotatable bonds is 19. The third-order valence-corrected chi connectivity index (χ3v) is 14.5. The maximum absolute atomic E-state index is 14.3. The Labute approximate surface area is 451 Å². The van der Waals surface area contributed by atoms with Crippen LogP contribution in [0.4, 0.5) is 0 Å². The number of hydroxylamine groups is 8. The lowest BCUT2D eigenvalue weighted by molar-refractivity contribution is -0.280. The van der Waals surface area contributed by atoms with Crippen LogP contribution < -0.4 is 0 Å². The Morgan fingerprint density at radius 1 is 0.316 bits per heavy atom. The van der Waals surface area contributed by atoms with Crippen LogP contribution in [0.5, 0.6) is 0 Å². The van der Waals surface area contributed by atoms with E-state index in [1.165, 1.54) is 37.5 Å². The van der Waals surface area contributed by atoms with Crippen LogP contribution >= 0.6 is 0 Å². The third-order valence-electron chi connectivity index (χ3n) is 14.5. The highest BCUT2D eigenvalue weighted by atomic mass is 16.7. The number of piperidine rings is 4. The summed E-state index contributed by atoms with van der Waals surface area (Å²) in [7, 11) is 0. The second-order valence-corrected chi connectivity index (χ2v) is 26.5. The minimum atomic E-state index is -0.786. The molecule has 0 amide bonds. The summed E-state index contributed by atoms with van der Waals surface area (Å²) in [6.45, 7) is 33.6. The smallest absolute Gasteiger partial charge is 0.339 e. The molecular formula is C54H92N6O16. The van der Waals surface area contributed by atoms with E-state index in [-0.39, 0.29) is 13.1 Å². The Bertz CT molecular complexity index is 1790. The maximum atomic E-state index is 14.3. The van der Waals surface area contributed by atoms with Gasteiger partial charge in [-0.25, -0.2) is 19.2 Å². The second kappa shape index (κ2) is 23.9. The SMILES string of the molecule is CC(=O)OC1CC(C)(C)N(OC(=O)CN(CCN(CC(=O)ON2C(C)(C)CC(OC(C)=O)CC2(C)C)CC(=O)ON2C(C)(C)CC(OC(C)=O)CC2(C)C)CC(=O)ON2C(C)(C)CC(OC(C)=O)CC2(C)C)C(C)(C)C1. The Balaban J connectivity index is 1.67. The van der Waals surface area contributed by atoms with E-state index in [1.54, 1.807) is 20.3 Å². The molecule has 0 aromatic carbocycles. The molecule has 0 aromatic rings. The minimum absolute atomic E-state index is 0.0804. The molecule has 22 heteroatoms. The summed E-state index contributed by atoms with van der Waals surface area (Å²) in [6.07, 6.45) is 1.29. The van der Waals surface area contributed by atoms with Crippen LogP contribution in [-0.4, -0.2) is 186 Å². The first-order chi connectivity index (χ1) is 34.4. The van der Waals surface area contributed by atoms with Crippen LogP contribution in [0.2, 0.25) is 0 Å². The number of ether oxygens (including phenoxy) is 4. The van der Waals surface area contributed by atoms with Crippen LogP contribution in [0.25, 0.3) is 0 Å². The van der Waals surface area contributed by atoms with Crippen LogP contribution in [0.1, 0.15) is 190 Å². The highest BCUT2D eigenvalue weighted by molar-refractivity contribution is 5.76. The van der Waals surface area contributed by atoms with Crippen molar-refractivity contribution in [2.45, 2.75) is 259 Å². The van der Waals surface area contributed by atoms with Crippen molar-refractivity contribution in [3.8, 4) is 0 Å². The zero-order valence-corrected chi connectivity index (χ0v) is 49.4. The van der Waals surface area contributed by atoms with E-state index in [2.05, 4.69) is 0 Å². The summed E-state index contributed by atoms with van der Waals surface area (Å²) < 4.78 is 22.4. The van der Waals surface area contributed by atoms with E-state index in [1.807, 2.05) is 111 Å². The van der Waals surface area contributed by atoms with Gasteiger partial charge in [0, 0.05) is 92.2 Å². The molecule has 0 atom stereocenters. The van der Waals surface area contributed by atoms with Gasteiger partial charge in [0.1, 0.15) is 24.4 Å². The van der Waals surface area contributed by atoms with Gasteiger partial charge in [-0.1, -0.05) is 0 Å². The van der Waals surface area contributed by atoms with Gasteiger partial charge in [0.05, 0.1) is 70.5 Å². The van der Waals surface area contributed by atoms with Gasteiger partial charge < -0.3 is 38.3 Å². The fourth-order valence-corrected chi connectivity index (χ4v) is 12.9. The van der Waals surface area contributed by atoms with Crippen LogP contribution in [-0.2, 0) is 76.7 Å². The van der Waals surface area contributed by atoms with Gasteiger partial charge in [-0.2, -0.15) is 0 Å². The highest BCUT2D eigenvalue weighted by Crippen LogP contribution is 2.44. The summed E-state index contributed by atoms with van der Waals surface area (Å²) in [5.41, 5.74) is -6.29. The number of hydrogen-bond acceptors (Lipinski definition) is 22. The van der Waals surface area contributed by atoms with Crippen LogP contribution in [0.3, 0.4) is 0 Å². The number of hydrogen-bond donors (Lipinski definition) is 0. The van der Waals surface area contributed by atoms with Crippen molar-refractivity contribution in [1.82, 2.24) is 30.1 Å². The molecular weight excluding hydrogens is 989 g/mol. The topological polar surface area (TPSA) is 230 Å². The van der Waals surface area contributed by atoms with E-state index < -0.39 is 143 Å². The fraction of sp³-hybridized carbons (Fsp3) is 0.852. The fourth-order valence-electron chi connectivity index (χ4n) is 12.9. The number of nitrogens with zero attached hydrogens (tertiary/aromatic N) is 6. The molecule has 0 saturated carbocycles. The number of esters is 4. The number of carbonyl (C=O) groups excluding carboxylic acids is 8. The molecule has 4 heterocycles. The predicted molar refractivity (Wildman–Crippen MR) is 276 cm³/mol. The Morgan fingerprint density at radius 2 is 0.461 bits per heavy atom. The van der Waals surface area contributed by atoms with Gasteiger partial charge in [-0.3, -0.25) is 29.0 Å². The van der Waals surface area contributed by atoms with Gasteiger partial charge in [-0.15, -0.1) is 20.3 Å². The summed E-state index contributed by atoms with van der Waals surface area (Å²) >= 11 is 0. The predicted octanol–water partition coefficient (Wildman–Crippen LogP) is 5.76. The zero-order chi connectivity index (χ0) is 57.9. The van der Waals surface area contributed by atoms with Gasteiger partial charge in [0.15, 0.2) is 0 Å². The van der Waals surface area contributed by atoms with Gasteiger partial charge in [0.2, 0.25) is 0 Å². The van der Waals surface area contributed by atoms with E-state index >= 15 is 0 Å². The van der Waals surface area contributed by atoms with Crippen molar-refractivity contribution in [2.75, 3.05) is 39.3 Å². The molecule has 22 nitrogen and oxygen atoms in total. The van der Waals surface area contributed by atoms with Crippen LogP contribution in [0, 0.1) is 0 Å². The van der Waals surface area contributed by atoms with E-state index in [9.17, 15) is 38.4 Å². The van der Waals surface area contributed by atoms with Crippen LogP contribution in [0.15, 0.2) is 0 Å². The minimum Gasteiger partial charge on any atom is -0.462 e. The molecule has 4 rings (SSSR count). The standard InChI is InChI=1S/C54H92N6O16/c1-35(61)69-39-23-47(5,6)57(48(7,8)24-39)73-43(65)31-55(32-44(66)74-58-49(9,10)25-40(70-36(2)62)26-50(58,11)12)21-22-56(33-45(67)75-59-51(13,14)27-41(71-37(3)63)28-52(59,15)16)34-46(68)76-60-53(17,18)29-42(72-38(4)64)30-54(60,19)20/h39-42H,21-34H2,1-20H3. The van der Waals surface area contributed by atoms with Crippen molar-refractivity contribution in [2.24, 2.45) is 0 Å². The Kier molecular flexibility index (Phi) is 20.1. The summed E-state index contributed by atoms with van der Waals surface area (Å²) in [5, 5.41) is 6.41. The lowest BCUT2D eigenvalue weighted by Crippen LogP contribution is -2.63. The van der Waals surface area contributed by atoms with E-state index in [0.29, 0.717) is 51.4 Å². The molecule has 434 valence electrons. The molecule has 4 aliphatic rings. The first-order valence-corrected chi connectivity index (χ1v) is 26.6. The summed E-state index contributed by atoms with van der Waals surface area (Å²) in [5.74, 6) is -4.50. The molecule has 4 saturated heterocycles. The van der Waals surface area contributed by atoms with E-state index in [0.717, 1.165) is 0 Å². The van der Waals surface area contributed by atoms with Crippen molar-refractivity contribution >= 4 is 47.8 Å². The lowest BCUT2D eigenvalue weighted by atomic mass is 9.80. The lowest BCUT2D eigenvalue weighted by Gasteiger charge is -2.52. The van der Waals surface area contributed by atoms with Gasteiger partial charge >= 0.3 is 47.8 Å².